The van der Waals surface area contributed by atoms with Gasteiger partial charge in [0.2, 0.25) is 0 Å². The molecule has 4 nitrogen and oxygen atoms in total. The Morgan fingerprint density at radius 2 is 1.61 bits per heavy atom. The lowest BCUT2D eigenvalue weighted by Crippen LogP contribution is -2.31. The van der Waals surface area contributed by atoms with Crippen LogP contribution < -0.4 is 9.64 Å². The van der Waals surface area contributed by atoms with Crippen LogP contribution in [0.3, 0.4) is 0 Å². The van der Waals surface area contributed by atoms with Crippen molar-refractivity contribution < 1.29 is 14.3 Å². The topological polar surface area (TPSA) is 46.6 Å². The SMILES string of the molecule is CCCCc1ccc(N2C(=O)C(SCC)=C(c3ccc(OC)cc3)C2=O)cc1. The van der Waals surface area contributed by atoms with Crippen LogP contribution in [0.2, 0.25) is 0 Å². The summed E-state index contributed by atoms with van der Waals surface area (Å²) in [5.74, 6) is 0.916. The molecule has 0 fully saturated rings. The molecule has 0 aliphatic carbocycles. The molecule has 1 heterocycles. The first-order valence-corrected chi connectivity index (χ1v) is 10.6. The van der Waals surface area contributed by atoms with Crippen molar-refractivity contribution in [1.82, 2.24) is 0 Å². The first-order chi connectivity index (χ1) is 13.6. The normalized spacial score (nSPS) is 14.2. The molecule has 0 saturated heterocycles. The third-order valence-corrected chi connectivity index (χ3v) is 5.68. The zero-order chi connectivity index (χ0) is 20.1. The van der Waals surface area contributed by atoms with E-state index in [1.165, 1.54) is 22.2 Å². The van der Waals surface area contributed by atoms with Gasteiger partial charge < -0.3 is 4.74 Å². The van der Waals surface area contributed by atoms with Crippen LogP contribution in [-0.4, -0.2) is 24.7 Å². The average Bonchev–Trinajstić information content (AvgIpc) is 2.97. The first-order valence-electron chi connectivity index (χ1n) is 9.59. The summed E-state index contributed by atoms with van der Waals surface area (Å²) in [7, 11) is 1.60. The maximum Gasteiger partial charge on any atom is 0.272 e. The Morgan fingerprint density at radius 3 is 2.18 bits per heavy atom. The highest BCUT2D eigenvalue weighted by molar-refractivity contribution is 8.04. The minimum atomic E-state index is -0.271. The standard InChI is InChI=1S/C23H25NO3S/c1-4-6-7-16-8-12-18(13-9-16)24-22(25)20(21(23(24)26)28-5-2)17-10-14-19(27-3)15-11-17/h8-15H,4-7H2,1-3H3. The van der Waals surface area contributed by atoms with E-state index in [-0.39, 0.29) is 11.8 Å². The lowest BCUT2D eigenvalue weighted by molar-refractivity contribution is -0.119. The predicted molar refractivity (Wildman–Crippen MR) is 116 cm³/mol. The van der Waals surface area contributed by atoms with Crippen LogP contribution in [0.25, 0.3) is 5.57 Å². The maximum atomic E-state index is 13.2. The van der Waals surface area contributed by atoms with Gasteiger partial charge in [-0.1, -0.05) is 44.5 Å². The van der Waals surface area contributed by atoms with Gasteiger partial charge in [-0.05, 0) is 54.0 Å². The van der Waals surface area contributed by atoms with Crippen LogP contribution >= 0.6 is 11.8 Å². The number of ether oxygens (including phenoxy) is 1. The lowest BCUT2D eigenvalue weighted by atomic mass is 10.1. The number of hydrogen-bond acceptors (Lipinski definition) is 4. The third-order valence-electron chi connectivity index (χ3n) is 4.72. The molecule has 0 radical (unpaired) electrons. The summed E-state index contributed by atoms with van der Waals surface area (Å²) < 4.78 is 5.20. The summed E-state index contributed by atoms with van der Waals surface area (Å²) in [6, 6.07) is 15.0. The van der Waals surface area contributed by atoms with Gasteiger partial charge in [0.1, 0.15) is 5.75 Å². The monoisotopic (exact) mass is 395 g/mol. The maximum absolute atomic E-state index is 13.2. The molecule has 0 bridgehead atoms. The largest absolute Gasteiger partial charge is 0.497 e. The Bertz CT molecular complexity index is 885. The van der Waals surface area contributed by atoms with Gasteiger partial charge in [-0.3, -0.25) is 9.59 Å². The van der Waals surface area contributed by atoms with Gasteiger partial charge in [-0.2, -0.15) is 0 Å². The molecule has 2 aromatic carbocycles. The van der Waals surface area contributed by atoms with E-state index in [1.54, 1.807) is 19.2 Å². The van der Waals surface area contributed by atoms with Gasteiger partial charge in [-0.25, -0.2) is 4.90 Å². The van der Waals surface area contributed by atoms with Crippen molar-refractivity contribution in [1.29, 1.82) is 0 Å². The molecule has 2 amide bonds. The number of rotatable bonds is 8. The predicted octanol–water partition coefficient (Wildman–Crippen LogP) is 5.08. The second-order valence-corrected chi connectivity index (χ2v) is 7.86. The van der Waals surface area contributed by atoms with E-state index < -0.39 is 0 Å². The quantitative estimate of drug-likeness (QED) is 0.585. The second-order valence-electron chi connectivity index (χ2n) is 6.58. The van der Waals surface area contributed by atoms with Gasteiger partial charge in [0, 0.05) is 0 Å². The number of unbranched alkanes of at least 4 members (excludes halogenated alkanes) is 1. The number of amides is 2. The lowest BCUT2D eigenvalue weighted by Gasteiger charge is -2.16. The fourth-order valence-electron chi connectivity index (χ4n) is 3.23. The summed E-state index contributed by atoms with van der Waals surface area (Å²) in [5, 5.41) is 0. The minimum absolute atomic E-state index is 0.246. The van der Waals surface area contributed by atoms with Crippen LogP contribution in [-0.2, 0) is 16.0 Å². The number of aryl methyl sites for hydroxylation is 1. The highest BCUT2D eigenvalue weighted by atomic mass is 32.2. The smallest absolute Gasteiger partial charge is 0.272 e. The molecule has 2 aromatic rings. The molecule has 0 atom stereocenters. The Morgan fingerprint density at radius 1 is 0.929 bits per heavy atom. The van der Waals surface area contributed by atoms with Gasteiger partial charge in [-0.15, -0.1) is 11.8 Å². The molecule has 1 aliphatic heterocycles. The summed E-state index contributed by atoms with van der Waals surface area (Å²) in [6.45, 7) is 4.14. The average molecular weight is 396 g/mol. The summed E-state index contributed by atoms with van der Waals surface area (Å²) in [4.78, 5) is 28.1. The highest BCUT2D eigenvalue weighted by Gasteiger charge is 2.39. The molecular weight excluding hydrogens is 370 g/mol. The number of methoxy groups -OCH3 is 1. The number of carbonyl (C=O) groups excluding carboxylic acids is 2. The van der Waals surface area contributed by atoms with Gasteiger partial charge >= 0.3 is 0 Å². The molecule has 3 rings (SSSR count). The first kappa shape index (κ1) is 20.2. The van der Waals surface area contributed by atoms with E-state index in [0.29, 0.717) is 21.9 Å². The van der Waals surface area contributed by atoms with Crippen molar-refractivity contribution in [2.24, 2.45) is 0 Å². The number of nitrogens with zero attached hydrogens (tertiary/aromatic N) is 1. The Kier molecular flexibility index (Phi) is 6.57. The molecule has 0 spiro atoms. The number of carbonyl (C=O) groups is 2. The fraction of sp³-hybridized carbons (Fsp3) is 0.304. The number of thioether (sulfide) groups is 1. The minimum Gasteiger partial charge on any atom is -0.497 e. The molecule has 1 aliphatic rings. The van der Waals surface area contributed by atoms with E-state index in [0.717, 1.165) is 30.6 Å². The van der Waals surface area contributed by atoms with E-state index in [1.807, 2.05) is 43.3 Å². The molecular formula is C23H25NO3S. The zero-order valence-electron chi connectivity index (χ0n) is 16.5. The molecule has 0 N–H and O–H groups in total. The number of anilines is 1. The van der Waals surface area contributed by atoms with Crippen LogP contribution in [0.4, 0.5) is 5.69 Å². The Hall–Kier alpha value is -2.53. The number of benzene rings is 2. The van der Waals surface area contributed by atoms with Gasteiger partial charge in [0.05, 0.1) is 23.3 Å². The molecule has 28 heavy (non-hydrogen) atoms. The van der Waals surface area contributed by atoms with Crippen molar-refractivity contribution in [2.45, 2.75) is 33.1 Å². The van der Waals surface area contributed by atoms with Crippen LogP contribution in [0, 0.1) is 0 Å². The van der Waals surface area contributed by atoms with Crippen molar-refractivity contribution in [3.8, 4) is 5.75 Å². The van der Waals surface area contributed by atoms with E-state index in [4.69, 9.17) is 4.74 Å². The molecule has 5 heteroatoms. The summed E-state index contributed by atoms with van der Waals surface area (Å²) >= 11 is 1.41. The Balaban J connectivity index is 1.94. The fourth-order valence-corrected chi connectivity index (χ4v) is 4.08. The summed E-state index contributed by atoms with van der Waals surface area (Å²) in [5.41, 5.74) is 3.04. The van der Waals surface area contributed by atoms with E-state index in [2.05, 4.69) is 6.92 Å². The van der Waals surface area contributed by atoms with Crippen LogP contribution in [0.15, 0.2) is 53.4 Å². The van der Waals surface area contributed by atoms with E-state index >= 15 is 0 Å². The third kappa shape index (κ3) is 3.99. The van der Waals surface area contributed by atoms with E-state index in [9.17, 15) is 9.59 Å². The van der Waals surface area contributed by atoms with Gasteiger partial charge in [0.25, 0.3) is 11.8 Å². The second kappa shape index (κ2) is 9.11. The van der Waals surface area contributed by atoms with Crippen molar-refractivity contribution in [3.63, 3.8) is 0 Å². The molecule has 146 valence electrons. The molecule has 0 aromatic heterocycles. The van der Waals surface area contributed by atoms with Crippen molar-refractivity contribution in [2.75, 3.05) is 17.8 Å². The Labute approximate surface area is 170 Å². The number of imide groups is 1. The molecule has 0 saturated carbocycles. The van der Waals surface area contributed by atoms with Crippen LogP contribution in [0.1, 0.15) is 37.8 Å². The summed E-state index contributed by atoms with van der Waals surface area (Å²) in [6.07, 6.45) is 3.27. The zero-order valence-corrected chi connectivity index (χ0v) is 17.3. The van der Waals surface area contributed by atoms with Crippen LogP contribution in [0.5, 0.6) is 5.75 Å². The van der Waals surface area contributed by atoms with Crippen molar-refractivity contribution in [3.05, 3.63) is 64.6 Å². The molecule has 0 unspecified atom stereocenters. The van der Waals surface area contributed by atoms with Gasteiger partial charge in [0.15, 0.2) is 0 Å². The highest BCUT2D eigenvalue weighted by Crippen LogP contribution is 2.38. The number of hydrogen-bond donors (Lipinski definition) is 0. The van der Waals surface area contributed by atoms with Crippen molar-refractivity contribution >= 4 is 34.8 Å².